The quantitative estimate of drug-likeness (QED) is 0.868. The van der Waals surface area contributed by atoms with Crippen LogP contribution < -0.4 is 5.32 Å². The van der Waals surface area contributed by atoms with E-state index in [4.69, 9.17) is 0 Å². The van der Waals surface area contributed by atoms with Crippen molar-refractivity contribution in [1.29, 1.82) is 0 Å². The Labute approximate surface area is 98.0 Å². The lowest BCUT2D eigenvalue weighted by atomic mass is 9.91. The molecular weight excluding hydrogens is 258 g/mol. The molecule has 2 rings (SSSR count). The molecule has 0 aromatic carbocycles. The largest absolute Gasteiger partial charge is 0.317 e. The number of hydrogen-bond acceptors (Lipinski definition) is 2. The van der Waals surface area contributed by atoms with Gasteiger partial charge in [-0.3, -0.25) is 0 Å². The average molecular weight is 274 g/mol. The summed E-state index contributed by atoms with van der Waals surface area (Å²) in [6.45, 7) is 2.36. The van der Waals surface area contributed by atoms with E-state index in [1.165, 1.54) is 22.9 Å². The van der Waals surface area contributed by atoms with E-state index in [9.17, 15) is 0 Å². The van der Waals surface area contributed by atoms with Gasteiger partial charge in [-0.25, -0.2) is 0 Å². The maximum absolute atomic E-state index is 3.64. The molecule has 1 heterocycles. The molecule has 1 N–H and O–H groups in total. The van der Waals surface area contributed by atoms with Crippen molar-refractivity contribution in [2.45, 2.75) is 31.7 Å². The predicted octanol–water partition coefficient (Wildman–Crippen LogP) is 3.61. The van der Waals surface area contributed by atoms with Gasteiger partial charge in [0.2, 0.25) is 0 Å². The molecule has 0 saturated heterocycles. The molecule has 0 spiro atoms. The highest BCUT2D eigenvalue weighted by atomic mass is 79.9. The van der Waals surface area contributed by atoms with Crippen molar-refractivity contribution in [2.75, 3.05) is 7.05 Å². The molecule has 1 nitrogen and oxygen atoms in total. The van der Waals surface area contributed by atoms with Crippen LogP contribution in [0.2, 0.25) is 0 Å². The van der Waals surface area contributed by atoms with Gasteiger partial charge in [-0.1, -0.05) is 6.92 Å². The summed E-state index contributed by atoms with van der Waals surface area (Å²) in [7, 11) is 2.08. The molecule has 1 saturated carbocycles. The molecule has 1 aliphatic rings. The second-order valence-corrected chi connectivity index (χ2v) is 5.71. The Kier molecular flexibility index (Phi) is 3.30. The van der Waals surface area contributed by atoms with E-state index in [0.717, 1.165) is 11.8 Å². The maximum Gasteiger partial charge on any atom is 0.0317 e. The van der Waals surface area contributed by atoms with Crippen LogP contribution in [0.3, 0.4) is 0 Å². The van der Waals surface area contributed by atoms with Crippen molar-refractivity contribution in [3.63, 3.8) is 0 Å². The Balaban J connectivity index is 2.18. The zero-order chi connectivity index (χ0) is 10.1. The molecule has 1 aliphatic carbocycles. The van der Waals surface area contributed by atoms with Gasteiger partial charge >= 0.3 is 0 Å². The number of halogens is 1. The average Bonchev–Trinajstić information content (AvgIpc) is 2.72. The molecule has 0 aliphatic heterocycles. The second-order valence-electron chi connectivity index (χ2n) is 4.11. The molecule has 3 unspecified atom stereocenters. The normalized spacial score (nSPS) is 32.4. The maximum atomic E-state index is 3.64. The van der Waals surface area contributed by atoms with Gasteiger partial charge in [-0.05, 0) is 58.6 Å². The third-order valence-corrected chi connectivity index (χ3v) is 5.22. The lowest BCUT2D eigenvalue weighted by Crippen LogP contribution is -2.28. The number of rotatable bonds is 2. The zero-order valence-corrected chi connectivity index (χ0v) is 11.0. The summed E-state index contributed by atoms with van der Waals surface area (Å²) in [5.74, 6) is 1.50. The summed E-state index contributed by atoms with van der Waals surface area (Å²) >= 11 is 5.43. The molecule has 14 heavy (non-hydrogen) atoms. The Morgan fingerprint density at radius 2 is 2.21 bits per heavy atom. The SMILES string of the molecule is CNC1CCC(c2cscc2Br)C1C. The summed E-state index contributed by atoms with van der Waals surface area (Å²) in [4.78, 5) is 0. The summed E-state index contributed by atoms with van der Waals surface area (Å²) < 4.78 is 1.30. The molecule has 78 valence electrons. The van der Waals surface area contributed by atoms with Crippen LogP contribution in [0.1, 0.15) is 31.2 Å². The summed E-state index contributed by atoms with van der Waals surface area (Å²) in [5, 5.41) is 7.90. The van der Waals surface area contributed by atoms with Crippen LogP contribution in [0, 0.1) is 5.92 Å². The highest BCUT2D eigenvalue weighted by Crippen LogP contribution is 2.43. The van der Waals surface area contributed by atoms with E-state index in [1.807, 2.05) is 0 Å². The minimum Gasteiger partial charge on any atom is -0.317 e. The van der Waals surface area contributed by atoms with Crippen LogP contribution in [0.15, 0.2) is 15.2 Å². The summed E-state index contributed by atoms with van der Waals surface area (Å²) in [6, 6.07) is 0.701. The fourth-order valence-corrected chi connectivity index (χ4v) is 4.22. The highest BCUT2D eigenvalue weighted by molar-refractivity contribution is 9.10. The minimum atomic E-state index is 0.701. The molecule has 0 amide bonds. The Hall–Kier alpha value is 0.140. The van der Waals surface area contributed by atoms with E-state index in [0.29, 0.717) is 6.04 Å². The molecule has 0 bridgehead atoms. The van der Waals surface area contributed by atoms with Crippen molar-refractivity contribution < 1.29 is 0 Å². The number of thiophene rings is 1. The van der Waals surface area contributed by atoms with Gasteiger partial charge in [-0.2, -0.15) is 11.3 Å². The van der Waals surface area contributed by atoms with Crippen molar-refractivity contribution in [1.82, 2.24) is 5.32 Å². The molecule has 3 atom stereocenters. The molecule has 0 radical (unpaired) electrons. The summed E-state index contributed by atoms with van der Waals surface area (Å²) in [6.07, 6.45) is 2.63. The van der Waals surface area contributed by atoms with Gasteiger partial charge in [0.05, 0.1) is 0 Å². The van der Waals surface area contributed by atoms with E-state index < -0.39 is 0 Å². The fraction of sp³-hybridized carbons (Fsp3) is 0.636. The van der Waals surface area contributed by atoms with Crippen molar-refractivity contribution in [2.24, 2.45) is 5.92 Å². The molecule has 1 aromatic rings. The van der Waals surface area contributed by atoms with Gasteiger partial charge in [0.1, 0.15) is 0 Å². The van der Waals surface area contributed by atoms with Gasteiger partial charge < -0.3 is 5.32 Å². The first-order valence-electron chi connectivity index (χ1n) is 5.13. The van der Waals surface area contributed by atoms with E-state index in [2.05, 4.69) is 46.0 Å². The van der Waals surface area contributed by atoms with Crippen LogP contribution in [0.5, 0.6) is 0 Å². The second kappa shape index (κ2) is 4.33. The van der Waals surface area contributed by atoms with E-state index in [1.54, 1.807) is 11.3 Å². The van der Waals surface area contributed by atoms with Gasteiger partial charge in [-0.15, -0.1) is 0 Å². The molecule has 1 aromatic heterocycles. The zero-order valence-electron chi connectivity index (χ0n) is 8.59. The molecular formula is C11H16BrNS. The van der Waals surface area contributed by atoms with Crippen molar-refractivity contribution in [3.05, 3.63) is 20.8 Å². The highest BCUT2D eigenvalue weighted by Gasteiger charge is 2.33. The minimum absolute atomic E-state index is 0.701. The van der Waals surface area contributed by atoms with Crippen LogP contribution in [0.4, 0.5) is 0 Å². The third kappa shape index (κ3) is 1.77. The van der Waals surface area contributed by atoms with Gasteiger partial charge in [0, 0.05) is 15.9 Å². The van der Waals surface area contributed by atoms with E-state index in [-0.39, 0.29) is 0 Å². The molecule has 3 heteroatoms. The molecule has 1 fully saturated rings. The number of hydrogen-bond donors (Lipinski definition) is 1. The van der Waals surface area contributed by atoms with E-state index >= 15 is 0 Å². The van der Waals surface area contributed by atoms with Crippen LogP contribution in [-0.2, 0) is 0 Å². The first kappa shape index (κ1) is 10.7. The lowest BCUT2D eigenvalue weighted by molar-refractivity contribution is 0.429. The predicted molar refractivity (Wildman–Crippen MR) is 66.0 cm³/mol. The summed E-state index contributed by atoms with van der Waals surface area (Å²) in [5.41, 5.74) is 1.51. The Bertz CT molecular complexity index is 310. The Morgan fingerprint density at radius 1 is 1.43 bits per heavy atom. The Morgan fingerprint density at radius 3 is 2.71 bits per heavy atom. The fourth-order valence-electron chi connectivity index (χ4n) is 2.57. The smallest absolute Gasteiger partial charge is 0.0317 e. The topological polar surface area (TPSA) is 12.0 Å². The monoisotopic (exact) mass is 273 g/mol. The lowest BCUT2D eigenvalue weighted by Gasteiger charge is -2.20. The van der Waals surface area contributed by atoms with Crippen molar-refractivity contribution in [3.8, 4) is 0 Å². The number of nitrogens with one attached hydrogen (secondary N) is 1. The van der Waals surface area contributed by atoms with Gasteiger partial charge in [0.15, 0.2) is 0 Å². The first-order valence-corrected chi connectivity index (χ1v) is 6.86. The van der Waals surface area contributed by atoms with Crippen LogP contribution in [-0.4, -0.2) is 13.1 Å². The van der Waals surface area contributed by atoms with Crippen LogP contribution in [0.25, 0.3) is 0 Å². The first-order chi connectivity index (χ1) is 6.74. The van der Waals surface area contributed by atoms with Gasteiger partial charge in [0.25, 0.3) is 0 Å². The van der Waals surface area contributed by atoms with Crippen molar-refractivity contribution >= 4 is 27.3 Å². The standard InChI is InChI=1S/C11H16BrNS/c1-7-8(3-4-11(7)13-2)9-5-14-6-10(9)12/h5-8,11,13H,3-4H2,1-2H3. The third-order valence-electron chi connectivity index (χ3n) is 3.47. The van der Waals surface area contributed by atoms with Crippen LogP contribution >= 0.6 is 27.3 Å².